The van der Waals surface area contributed by atoms with E-state index in [2.05, 4.69) is 4.98 Å². The lowest BCUT2D eigenvalue weighted by molar-refractivity contribution is -0.163. The standard InChI is InChI=1S/C24H23NO4/c1-17-21(25-22(28-17)19-8-3-2-4-9-19)10-5-7-18-11-13-20(14-12-18)29-24(23(26)27)15-6-16-24/h2-5,7-9,11-14H,6,10,15-16H2,1H3,(H,26,27)/b7-5+. The molecule has 3 aromatic rings. The number of carboxylic acid groups (broad SMARTS) is 1. The molecule has 0 spiro atoms. The summed E-state index contributed by atoms with van der Waals surface area (Å²) in [6, 6.07) is 17.3. The van der Waals surface area contributed by atoms with Gasteiger partial charge in [0.25, 0.3) is 0 Å². The van der Waals surface area contributed by atoms with E-state index in [0.29, 0.717) is 30.9 Å². The monoisotopic (exact) mass is 389 g/mol. The van der Waals surface area contributed by atoms with Gasteiger partial charge < -0.3 is 14.3 Å². The SMILES string of the molecule is Cc1oc(-c2ccccc2)nc1C/C=C/c1ccc(OC2(C(=O)O)CCC2)cc1. The van der Waals surface area contributed by atoms with E-state index in [4.69, 9.17) is 9.15 Å². The Morgan fingerprint density at radius 2 is 1.90 bits per heavy atom. The summed E-state index contributed by atoms with van der Waals surface area (Å²) in [4.78, 5) is 16.0. The number of hydrogen-bond donors (Lipinski definition) is 1. The Morgan fingerprint density at radius 1 is 1.17 bits per heavy atom. The number of aliphatic carboxylic acids is 1. The second-order valence-electron chi connectivity index (χ2n) is 7.32. The summed E-state index contributed by atoms with van der Waals surface area (Å²) in [5, 5.41) is 9.37. The topological polar surface area (TPSA) is 72.6 Å². The molecule has 1 heterocycles. The van der Waals surface area contributed by atoms with E-state index in [1.807, 2.05) is 73.7 Å². The first-order valence-electron chi connectivity index (χ1n) is 9.76. The van der Waals surface area contributed by atoms with Gasteiger partial charge in [0.15, 0.2) is 0 Å². The molecule has 1 aromatic heterocycles. The Morgan fingerprint density at radius 3 is 2.52 bits per heavy atom. The van der Waals surface area contributed by atoms with E-state index in [9.17, 15) is 9.90 Å². The molecule has 2 aromatic carbocycles. The Labute approximate surface area is 169 Å². The van der Waals surface area contributed by atoms with Gasteiger partial charge in [0.05, 0.1) is 5.69 Å². The van der Waals surface area contributed by atoms with Gasteiger partial charge in [0.2, 0.25) is 11.5 Å². The van der Waals surface area contributed by atoms with Crippen LogP contribution in [0.4, 0.5) is 0 Å². The van der Waals surface area contributed by atoms with Gasteiger partial charge in [-0.05, 0) is 56.0 Å². The molecule has 0 atom stereocenters. The van der Waals surface area contributed by atoms with Gasteiger partial charge in [-0.1, -0.05) is 42.5 Å². The molecule has 5 heteroatoms. The summed E-state index contributed by atoms with van der Waals surface area (Å²) < 4.78 is 11.5. The molecular weight excluding hydrogens is 366 g/mol. The molecule has 29 heavy (non-hydrogen) atoms. The summed E-state index contributed by atoms with van der Waals surface area (Å²) in [7, 11) is 0. The minimum atomic E-state index is -1.04. The van der Waals surface area contributed by atoms with Gasteiger partial charge in [0, 0.05) is 12.0 Å². The molecule has 1 fully saturated rings. The first-order valence-corrected chi connectivity index (χ1v) is 9.76. The molecule has 0 aliphatic heterocycles. The van der Waals surface area contributed by atoms with E-state index in [1.165, 1.54) is 0 Å². The summed E-state index contributed by atoms with van der Waals surface area (Å²) in [5.41, 5.74) is 1.85. The van der Waals surface area contributed by atoms with Gasteiger partial charge in [0.1, 0.15) is 11.5 Å². The van der Waals surface area contributed by atoms with Crippen LogP contribution >= 0.6 is 0 Å². The Hall–Kier alpha value is -3.34. The van der Waals surface area contributed by atoms with E-state index >= 15 is 0 Å². The second-order valence-corrected chi connectivity index (χ2v) is 7.32. The van der Waals surface area contributed by atoms with Crippen molar-refractivity contribution in [3.63, 3.8) is 0 Å². The van der Waals surface area contributed by atoms with Crippen molar-refractivity contribution in [2.75, 3.05) is 0 Å². The minimum Gasteiger partial charge on any atom is -0.478 e. The zero-order valence-electron chi connectivity index (χ0n) is 16.3. The van der Waals surface area contributed by atoms with Crippen molar-refractivity contribution in [3.8, 4) is 17.2 Å². The van der Waals surface area contributed by atoms with E-state index in [0.717, 1.165) is 29.0 Å². The highest BCUT2D eigenvalue weighted by Crippen LogP contribution is 2.37. The molecule has 0 bridgehead atoms. The Balaban J connectivity index is 1.39. The Kier molecular flexibility index (Phi) is 5.21. The van der Waals surface area contributed by atoms with Gasteiger partial charge in [-0.15, -0.1) is 0 Å². The van der Waals surface area contributed by atoms with Crippen molar-refractivity contribution >= 4 is 12.0 Å². The van der Waals surface area contributed by atoms with Crippen molar-refractivity contribution in [2.24, 2.45) is 0 Å². The molecule has 1 aliphatic carbocycles. The fraction of sp³-hybridized carbons (Fsp3) is 0.250. The molecule has 0 amide bonds. The maximum atomic E-state index is 11.4. The van der Waals surface area contributed by atoms with Crippen molar-refractivity contribution in [1.82, 2.24) is 4.98 Å². The number of aryl methyl sites for hydroxylation is 1. The average molecular weight is 389 g/mol. The lowest BCUT2D eigenvalue weighted by atomic mass is 9.80. The molecule has 1 saturated carbocycles. The van der Waals surface area contributed by atoms with E-state index < -0.39 is 11.6 Å². The second kappa shape index (κ2) is 7.95. The number of oxazole rings is 1. The maximum absolute atomic E-state index is 11.4. The number of benzene rings is 2. The van der Waals surface area contributed by atoms with Crippen LogP contribution < -0.4 is 4.74 Å². The third-order valence-corrected chi connectivity index (χ3v) is 5.28. The van der Waals surface area contributed by atoms with Crippen molar-refractivity contribution in [3.05, 3.63) is 77.7 Å². The number of ether oxygens (including phenoxy) is 1. The van der Waals surface area contributed by atoms with E-state index in [-0.39, 0.29) is 0 Å². The number of nitrogens with zero attached hydrogens (tertiary/aromatic N) is 1. The van der Waals surface area contributed by atoms with Crippen molar-refractivity contribution in [2.45, 2.75) is 38.2 Å². The van der Waals surface area contributed by atoms with Crippen LogP contribution in [0.15, 0.2) is 65.1 Å². The quantitative estimate of drug-likeness (QED) is 0.594. The minimum absolute atomic E-state index is 0.562. The van der Waals surface area contributed by atoms with Crippen LogP contribution in [0.1, 0.15) is 36.3 Å². The molecular formula is C24H23NO4. The number of rotatable bonds is 7. The molecule has 4 rings (SSSR count). The zero-order valence-corrected chi connectivity index (χ0v) is 16.3. The largest absolute Gasteiger partial charge is 0.478 e. The summed E-state index contributed by atoms with van der Waals surface area (Å²) in [6.45, 7) is 1.92. The highest BCUT2D eigenvalue weighted by molar-refractivity contribution is 5.79. The first kappa shape index (κ1) is 19.0. The number of carboxylic acids is 1. The van der Waals surface area contributed by atoms with Crippen LogP contribution in [0.2, 0.25) is 0 Å². The highest BCUT2D eigenvalue weighted by atomic mass is 16.5. The predicted molar refractivity (Wildman–Crippen MR) is 111 cm³/mol. The molecule has 1 aliphatic rings. The van der Waals surface area contributed by atoms with Crippen LogP contribution in [0.25, 0.3) is 17.5 Å². The van der Waals surface area contributed by atoms with Crippen LogP contribution in [0.5, 0.6) is 5.75 Å². The normalized spacial score (nSPS) is 15.2. The third kappa shape index (κ3) is 4.09. The fourth-order valence-corrected chi connectivity index (χ4v) is 3.36. The first-order chi connectivity index (χ1) is 14.1. The number of allylic oxidation sites excluding steroid dienone is 1. The zero-order chi connectivity index (χ0) is 20.3. The van der Waals surface area contributed by atoms with Crippen LogP contribution in [0.3, 0.4) is 0 Å². The predicted octanol–water partition coefficient (Wildman–Crippen LogP) is 5.29. The van der Waals surface area contributed by atoms with Gasteiger partial charge in [-0.25, -0.2) is 9.78 Å². The van der Waals surface area contributed by atoms with Gasteiger partial charge >= 0.3 is 5.97 Å². The number of aromatic nitrogens is 1. The smallest absolute Gasteiger partial charge is 0.348 e. The summed E-state index contributed by atoms with van der Waals surface area (Å²) >= 11 is 0. The third-order valence-electron chi connectivity index (χ3n) is 5.28. The van der Waals surface area contributed by atoms with Crippen molar-refractivity contribution in [1.29, 1.82) is 0 Å². The summed E-state index contributed by atoms with van der Waals surface area (Å²) in [5.74, 6) is 1.16. The lowest BCUT2D eigenvalue weighted by Gasteiger charge is -2.37. The Bertz CT molecular complexity index is 1010. The van der Waals surface area contributed by atoms with Crippen LogP contribution in [0, 0.1) is 6.92 Å². The molecule has 5 nitrogen and oxygen atoms in total. The van der Waals surface area contributed by atoms with Gasteiger partial charge in [-0.2, -0.15) is 0 Å². The number of carbonyl (C=O) groups is 1. The lowest BCUT2D eigenvalue weighted by Crippen LogP contribution is -2.50. The fourth-order valence-electron chi connectivity index (χ4n) is 3.36. The average Bonchev–Trinajstić information content (AvgIpc) is 3.07. The molecule has 0 saturated heterocycles. The molecule has 0 radical (unpaired) electrons. The molecule has 0 unspecified atom stereocenters. The number of hydrogen-bond acceptors (Lipinski definition) is 4. The van der Waals surface area contributed by atoms with Crippen LogP contribution in [-0.2, 0) is 11.2 Å². The van der Waals surface area contributed by atoms with Gasteiger partial charge in [-0.3, -0.25) is 0 Å². The molecule has 148 valence electrons. The molecule has 1 N–H and O–H groups in total. The maximum Gasteiger partial charge on any atom is 0.348 e. The highest BCUT2D eigenvalue weighted by Gasteiger charge is 2.47. The van der Waals surface area contributed by atoms with E-state index in [1.54, 1.807) is 0 Å². The summed E-state index contributed by atoms with van der Waals surface area (Å²) in [6.07, 6.45) is 6.73. The van der Waals surface area contributed by atoms with Crippen LogP contribution in [-0.4, -0.2) is 21.7 Å². The van der Waals surface area contributed by atoms with Crippen molar-refractivity contribution < 1.29 is 19.1 Å².